The molecule has 0 N–H and O–H groups in total. The number of anilines is 1. The highest BCUT2D eigenvalue weighted by molar-refractivity contribution is 7.44. The normalized spacial score (nSPS) is 17.5. The number of aromatic nitrogens is 2. The van der Waals surface area contributed by atoms with Crippen molar-refractivity contribution in [2.75, 3.05) is 30.3 Å². The zero-order valence-corrected chi connectivity index (χ0v) is 10.5. The topological polar surface area (TPSA) is 46.1 Å². The molecule has 0 amide bonds. The summed E-state index contributed by atoms with van der Waals surface area (Å²) in [6.07, 6.45) is 3.22. The van der Waals surface area contributed by atoms with Crippen molar-refractivity contribution in [2.45, 2.75) is 0 Å². The van der Waals surface area contributed by atoms with E-state index in [1.807, 2.05) is 24.3 Å². The minimum absolute atomic E-state index is 0.809. The van der Waals surface area contributed by atoms with E-state index in [4.69, 9.17) is 0 Å². The van der Waals surface area contributed by atoms with Crippen LogP contribution < -0.4 is 4.90 Å². The monoisotopic (exact) mass is 247 g/mol. The van der Waals surface area contributed by atoms with Crippen LogP contribution in [0.4, 0.5) is 5.82 Å². The molecule has 2 aromatic rings. The third-order valence-corrected chi connectivity index (χ3v) is 4.71. The third-order valence-electron chi connectivity index (χ3n) is 3.14. The standard InChI is InChI=1S/C12H14N3OP/c16-17-7-5-15(6-8-17)12-10-3-1-2-4-11(10)13-9-14-12/h1-4,9,17H,5-8H2. The molecule has 88 valence electrons. The van der Waals surface area contributed by atoms with Gasteiger partial charge in [-0.3, -0.25) is 0 Å². The molecule has 5 heteroatoms. The molecule has 0 atom stereocenters. The zero-order valence-electron chi connectivity index (χ0n) is 9.47. The molecule has 1 aliphatic heterocycles. The van der Waals surface area contributed by atoms with Crippen molar-refractivity contribution in [1.82, 2.24) is 9.97 Å². The van der Waals surface area contributed by atoms with Gasteiger partial charge in [-0.15, -0.1) is 0 Å². The molecular formula is C12H14N3OP. The minimum atomic E-state index is -1.32. The Morgan fingerprint density at radius 2 is 1.88 bits per heavy atom. The summed E-state index contributed by atoms with van der Waals surface area (Å²) in [6.45, 7) is 1.69. The number of hydrogen-bond acceptors (Lipinski definition) is 4. The Morgan fingerprint density at radius 3 is 2.71 bits per heavy atom. The third kappa shape index (κ3) is 2.05. The Labute approximate surface area is 100 Å². The molecular weight excluding hydrogens is 233 g/mol. The Kier molecular flexibility index (Phi) is 2.81. The number of rotatable bonds is 1. The lowest BCUT2D eigenvalue weighted by atomic mass is 10.2. The van der Waals surface area contributed by atoms with Gasteiger partial charge in [0.25, 0.3) is 0 Å². The van der Waals surface area contributed by atoms with Gasteiger partial charge in [0.2, 0.25) is 0 Å². The fourth-order valence-electron chi connectivity index (χ4n) is 2.21. The zero-order chi connectivity index (χ0) is 11.7. The summed E-state index contributed by atoms with van der Waals surface area (Å²) in [7, 11) is -1.32. The summed E-state index contributed by atoms with van der Waals surface area (Å²) in [5.41, 5.74) is 0.968. The average molecular weight is 247 g/mol. The molecule has 3 rings (SSSR count). The molecule has 1 saturated heterocycles. The lowest BCUT2D eigenvalue weighted by Gasteiger charge is -2.28. The van der Waals surface area contributed by atoms with Gasteiger partial charge in [0.05, 0.1) is 13.3 Å². The maximum Gasteiger partial charge on any atom is 0.139 e. The van der Waals surface area contributed by atoms with Crippen molar-refractivity contribution in [3.05, 3.63) is 30.6 Å². The van der Waals surface area contributed by atoms with Gasteiger partial charge in [0.15, 0.2) is 0 Å². The van der Waals surface area contributed by atoms with Gasteiger partial charge < -0.3 is 9.46 Å². The van der Waals surface area contributed by atoms with Crippen LogP contribution in [0.15, 0.2) is 30.6 Å². The van der Waals surface area contributed by atoms with E-state index in [9.17, 15) is 4.57 Å². The molecule has 0 radical (unpaired) electrons. The average Bonchev–Trinajstić information content (AvgIpc) is 2.39. The molecule has 1 aromatic heterocycles. The first-order valence-corrected chi connectivity index (χ1v) is 7.63. The lowest BCUT2D eigenvalue weighted by Crippen LogP contribution is -2.33. The van der Waals surface area contributed by atoms with Crippen molar-refractivity contribution >= 4 is 24.5 Å². The molecule has 0 bridgehead atoms. The van der Waals surface area contributed by atoms with Gasteiger partial charge in [-0.1, -0.05) is 12.1 Å². The van der Waals surface area contributed by atoms with Crippen LogP contribution >= 0.6 is 7.80 Å². The van der Waals surface area contributed by atoms with E-state index in [-0.39, 0.29) is 0 Å². The van der Waals surface area contributed by atoms with E-state index in [0.29, 0.717) is 0 Å². The van der Waals surface area contributed by atoms with Crippen LogP contribution in [0, 0.1) is 0 Å². The highest BCUT2D eigenvalue weighted by Gasteiger charge is 2.18. The molecule has 2 heterocycles. The first kappa shape index (κ1) is 10.7. The van der Waals surface area contributed by atoms with E-state index < -0.39 is 7.80 Å². The molecule has 1 aromatic carbocycles. The maximum atomic E-state index is 11.4. The minimum Gasteiger partial charge on any atom is -0.355 e. The largest absolute Gasteiger partial charge is 0.355 e. The maximum absolute atomic E-state index is 11.4. The second-order valence-corrected chi connectivity index (χ2v) is 6.32. The van der Waals surface area contributed by atoms with Crippen molar-refractivity contribution < 1.29 is 4.57 Å². The first-order chi connectivity index (χ1) is 8.34. The fraction of sp³-hybridized carbons (Fsp3) is 0.333. The molecule has 0 unspecified atom stereocenters. The second-order valence-electron chi connectivity index (χ2n) is 4.24. The van der Waals surface area contributed by atoms with Gasteiger partial charge in [0.1, 0.15) is 12.1 Å². The number of para-hydroxylation sites is 1. The van der Waals surface area contributed by atoms with E-state index in [0.717, 1.165) is 42.1 Å². The van der Waals surface area contributed by atoms with Crippen LogP contribution in [0.1, 0.15) is 0 Å². The smallest absolute Gasteiger partial charge is 0.139 e. The van der Waals surface area contributed by atoms with Crippen molar-refractivity contribution in [3.63, 3.8) is 0 Å². The first-order valence-electron chi connectivity index (χ1n) is 5.81. The molecule has 0 spiro atoms. The van der Waals surface area contributed by atoms with Crippen LogP contribution in [0.25, 0.3) is 10.9 Å². The van der Waals surface area contributed by atoms with Crippen LogP contribution in [0.2, 0.25) is 0 Å². The number of nitrogens with zero attached hydrogens (tertiary/aromatic N) is 3. The fourth-order valence-corrected chi connectivity index (χ4v) is 3.50. The summed E-state index contributed by atoms with van der Waals surface area (Å²) >= 11 is 0. The van der Waals surface area contributed by atoms with E-state index >= 15 is 0 Å². The summed E-state index contributed by atoms with van der Waals surface area (Å²) in [5, 5.41) is 1.08. The summed E-state index contributed by atoms with van der Waals surface area (Å²) in [4.78, 5) is 10.9. The van der Waals surface area contributed by atoms with E-state index in [2.05, 4.69) is 14.9 Å². The van der Waals surface area contributed by atoms with Crippen LogP contribution in [-0.4, -0.2) is 35.4 Å². The highest BCUT2D eigenvalue weighted by Crippen LogP contribution is 2.29. The number of hydrogen-bond donors (Lipinski definition) is 0. The van der Waals surface area contributed by atoms with Gasteiger partial charge in [-0.2, -0.15) is 0 Å². The Hall–Kier alpha value is -1.41. The van der Waals surface area contributed by atoms with Crippen LogP contribution in [0.5, 0.6) is 0 Å². The lowest BCUT2D eigenvalue weighted by molar-refractivity contribution is 0.582. The van der Waals surface area contributed by atoms with E-state index in [1.54, 1.807) is 6.33 Å². The summed E-state index contributed by atoms with van der Waals surface area (Å²) in [5.74, 6) is 0.977. The van der Waals surface area contributed by atoms with Gasteiger partial charge >= 0.3 is 0 Å². The quantitative estimate of drug-likeness (QED) is 0.723. The molecule has 4 nitrogen and oxygen atoms in total. The summed E-state index contributed by atoms with van der Waals surface area (Å²) < 4.78 is 11.4. The van der Waals surface area contributed by atoms with Crippen LogP contribution in [0.3, 0.4) is 0 Å². The molecule has 0 aliphatic carbocycles. The molecule has 17 heavy (non-hydrogen) atoms. The summed E-state index contributed by atoms with van der Waals surface area (Å²) in [6, 6.07) is 8.02. The number of fused-ring (bicyclic) bond motifs is 1. The Balaban J connectivity index is 2.02. The van der Waals surface area contributed by atoms with Gasteiger partial charge in [0, 0.05) is 30.8 Å². The Bertz CT molecular complexity index is 557. The second kappa shape index (κ2) is 4.46. The van der Waals surface area contributed by atoms with E-state index in [1.165, 1.54) is 0 Å². The predicted octanol–water partition coefficient (Wildman–Crippen LogP) is 2.01. The predicted molar refractivity (Wildman–Crippen MR) is 70.5 cm³/mol. The SMILES string of the molecule is O=[PH]1CCN(c2ncnc3ccccc23)CC1. The number of benzene rings is 1. The van der Waals surface area contributed by atoms with Gasteiger partial charge in [-0.25, -0.2) is 9.97 Å². The molecule has 1 fully saturated rings. The van der Waals surface area contributed by atoms with Crippen molar-refractivity contribution in [2.24, 2.45) is 0 Å². The molecule has 1 aliphatic rings. The molecule has 0 saturated carbocycles. The van der Waals surface area contributed by atoms with Crippen molar-refractivity contribution in [1.29, 1.82) is 0 Å². The van der Waals surface area contributed by atoms with Crippen LogP contribution in [-0.2, 0) is 4.57 Å². The highest BCUT2D eigenvalue weighted by atomic mass is 31.1. The van der Waals surface area contributed by atoms with Crippen molar-refractivity contribution in [3.8, 4) is 0 Å². The van der Waals surface area contributed by atoms with Gasteiger partial charge in [-0.05, 0) is 12.1 Å². The Morgan fingerprint density at radius 1 is 1.12 bits per heavy atom.